The Morgan fingerprint density at radius 3 is 1.98 bits per heavy atom. The fourth-order valence-electron chi connectivity index (χ4n) is 9.05. The summed E-state index contributed by atoms with van der Waals surface area (Å²) in [5, 5.41) is 5.01. The van der Waals surface area contributed by atoms with Crippen LogP contribution in [-0.4, -0.2) is 14.1 Å². The molecule has 0 saturated heterocycles. The van der Waals surface area contributed by atoms with Gasteiger partial charge in [-0.2, -0.15) is 0 Å². The van der Waals surface area contributed by atoms with E-state index >= 15 is 0 Å². The van der Waals surface area contributed by atoms with Crippen molar-refractivity contribution in [1.82, 2.24) is 14.1 Å². The number of aryl methyl sites for hydroxylation is 4. The molecular formula is C50H40N4. The Morgan fingerprint density at radius 1 is 0.630 bits per heavy atom. The van der Waals surface area contributed by atoms with Gasteiger partial charge in [-0.25, -0.2) is 0 Å². The van der Waals surface area contributed by atoms with E-state index in [2.05, 4.69) is 162 Å². The summed E-state index contributed by atoms with van der Waals surface area (Å²) in [7, 11) is 0. The number of aromatic nitrogens is 3. The Bertz CT molecular complexity index is 3030. The van der Waals surface area contributed by atoms with Gasteiger partial charge >= 0.3 is 0 Å². The van der Waals surface area contributed by atoms with Gasteiger partial charge in [-0.15, -0.1) is 0 Å². The van der Waals surface area contributed by atoms with Crippen LogP contribution in [0.25, 0.3) is 88.4 Å². The van der Waals surface area contributed by atoms with Gasteiger partial charge in [0.2, 0.25) is 0 Å². The molecule has 2 N–H and O–H groups in total. The lowest BCUT2D eigenvalue weighted by atomic mass is 9.83. The summed E-state index contributed by atoms with van der Waals surface area (Å²) >= 11 is 0. The van der Waals surface area contributed by atoms with E-state index in [4.69, 9.17) is 5.73 Å². The molecule has 260 valence electrons. The van der Waals surface area contributed by atoms with Crippen LogP contribution in [0.15, 0.2) is 152 Å². The van der Waals surface area contributed by atoms with Crippen molar-refractivity contribution in [2.24, 2.45) is 5.73 Å². The molecule has 0 atom stereocenters. The molecule has 4 nitrogen and oxygen atoms in total. The molecule has 6 aromatic carbocycles. The molecule has 0 spiro atoms. The van der Waals surface area contributed by atoms with Crippen LogP contribution < -0.4 is 5.73 Å². The molecule has 3 heterocycles. The molecule has 4 heteroatoms. The number of nitrogens with two attached hydrogens (primary N) is 1. The lowest BCUT2D eigenvalue weighted by molar-refractivity contribution is 0.946. The lowest BCUT2D eigenvalue weighted by Crippen LogP contribution is -2.08. The van der Waals surface area contributed by atoms with Crippen molar-refractivity contribution < 1.29 is 0 Å². The second-order valence-corrected chi connectivity index (χ2v) is 14.6. The average Bonchev–Trinajstić information content (AvgIpc) is 3.71. The van der Waals surface area contributed by atoms with Crippen LogP contribution in [0.3, 0.4) is 0 Å². The summed E-state index contributed by atoms with van der Waals surface area (Å²) in [5.74, 6) is 0. The first-order chi connectivity index (χ1) is 26.5. The quantitative estimate of drug-likeness (QED) is 0.182. The molecular weight excluding hydrogens is 657 g/mol. The van der Waals surface area contributed by atoms with E-state index in [1.165, 1.54) is 93.7 Å². The monoisotopic (exact) mass is 696 g/mol. The minimum absolute atomic E-state index is 0.940. The maximum Gasteiger partial charge on any atom is 0.0645 e. The number of nitrogens with zero attached hydrogens (tertiary/aromatic N) is 3. The van der Waals surface area contributed by atoms with Gasteiger partial charge in [0.1, 0.15) is 0 Å². The number of benzene rings is 6. The third-order valence-electron chi connectivity index (χ3n) is 11.5. The van der Waals surface area contributed by atoms with Crippen LogP contribution in [0.5, 0.6) is 0 Å². The maximum absolute atomic E-state index is 6.41. The molecule has 1 aliphatic rings. The fraction of sp³-hybridized carbons (Fsp3) is 0.100. The highest BCUT2D eigenvalue weighted by molar-refractivity contribution is 6.15. The number of allylic oxidation sites excluding steroid dienone is 3. The number of fused-ring (bicyclic) bond motifs is 10. The van der Waals surface area contributed by atoms with Gasteiger partial charge in [0.15, 0.2) is 0 Å². The molecule has 0 amide bonds. The first-order valence-electron chi connectivity index (χ1n) is 18.8. The van der Waals surface area contributed by atoms with E-state index < -0.39 is 0 Å². The zero-order valence-corrected chi connectivity index (χ0v) is 30.8. The van der Waals surface area contributed by atoms with Crippen molar-refractivity contribution in [3.8, 4) is 39.1 Å². The van der Waals surface area contributed by atoms with Crippen molar-refractivity contribution in [2.75, 3.05) is 0 Å². The Kier molecular flexibility index (Phi) is 7.41. The summed E-state index contributed by atoms with van der Waals surface area (Å²) in [4.78, 5) is 4.54. The number of hydrogen-bond acceptors (Lipinski definition) is 2. The summed E-state index contributed by atoms with van der Waals surface area (Å²) in [5.41, 5.74) is 26.1. The minimum atomic E-state index is 0.940. The third kappa shape index (κ3) is 4.80. The van der Waals surface area contributed by atoms with Crippen LogP contribution in [0.4, 0.5) is 0 Å². The average molecular weight is 697 g/mol. The van der Waals surface area contributed by atoms with Crippen LogP contribution in [-0.2, 0) is 12.8 Å². The third-order valence-corrected chi connectivity index (χ3v) is 11.5. The summed E-state index contributed by atoms with van der Waals surface area (Å²) < 4.78 is 4.77. The molecule has 0 bridgehead atoms. The molecule has 0 saturated carbocycles. The van der Waals surface area contributed by atoms with Crippen molar-refractivity contribution >= 4 is 49.3 Å². The maximum atomic E-state index is 6.41. The molecule has 1 aliphatic carbocycles. The molecule has 0 unspecified atom stereocenters. The molecule has 3 aromatic heterocycles. The van der Waals surface area contributed by atoms with Crippen molar-refractivity contribution in [2.45, 2.75) is 33.6 Å². The van der Waals surface area contributed by atoms with E-state index in [0.717, 1.165) is 29.7 Å². The molecule has 10 rings (SSSR count). The molecule has 54 heavy (non-hydrogen) atoms. The number of pyridine rings is 1. The molecule has 9 aromatic rings. The smallest absolute Gasteiger partial charge is 0.0645 e. The minimum Gasteiger partial charge on any atom is -0.403 e. The lowest BCUT2D eigenvalue weighted by Gasteiger charge is -2.23. The van der Waals surface area contributed by atoms with E-state index in [1.807, 2.05) is 18.5 Å². The first-order valence-corrected chi connectivity index (χ1v) is 18.8. The van der Waals surface area contributed by atoms with E-state index in [1.54, 1.807) is 6.20 Å². The standard InChI is InChI=1S/C50H40N4/c1-4-10-36(29-51)54-48-23-18-33(38-14-7-5-11-31(38)2)25-44(48)42-21-20-40-41(50(42)54)19-16-35-27-46-45-26-34(39-15-8-6-12-32(39)3)17-22-47(45)53(49(46)28-43(35)40)37-13-9-24-52-30-37/h4-15,17-18,20-30H,16,19,51H2,1-3H3/b10-4-,36-29+. The Morgan fingerprint density at radius 2 is 1.31 bits per heavy atom. The summed E-state index contributed by atoms with van der Waals surface area (Å²) in [6, 6.07) is 44.9. The highest BCUT2D eigenvalue weighted by Gasteiger charge is 2.26. The zero-order chi connectivity index (χ0) is 36.5. The van der Waals surface area contributed by atoms with Gasteiger partial charge in [0.05, 0.1) is 39.6 Å². The number of rotatable bonds is 5. The van der Waals surface area contributed by atoms with Crippen LogP contribution in [0.1, 0.15) is 29.2 Å². The number of hydrogen-bond donors (Lipinski definition) is 1. The van der Waals surface area contributed by atoms with Crippen LogP contribution in [0.2, 0.25) is 0 Å². The fourth-order valence-corrected chi connectivity index (χ4v) is 9.05. The van der Waals surface area contributed by atoms with Crippen LogP contribution in [0, 0.1) is 13.8 Å². The molecule has 0 radical (unpaired) electrons. The van der Waals surface area contributed by atoms with Gasteiger partial charge in [-0.3, -0.25) is 4.98 Å². The van der Waals surface area contributed by atoms with Gasteiger partial charge in [-0.1, -0.05) is 78.9 Å². The highest BCUT2D eigenvalue weighted by Crippen LogP contribution is 2.46. The largest absolute Gasteiger partial charge is 0.403 e. The normalized spacial score (nSPS) is 13.1. The summed E-state index contributed by atoms with van der Waals surface area (Å²) in [6.07, 6.45) is 11.6. The van der Waals surface area contributed by atoms with E-state index in [9.17, 15) is 0 Å². The SMILES string of the molecule is C/C=C\C(=C/N)n1c2ccc(-c3ccccc3C)cc2c2ccc3c(c21)CCc1cc2c4cc(-c5ccccc5C)ccc4n(-c4cccnc4)c2cc1-3. The second-order valence-electron chi connectivity index (χ2n) is 14.6. The highest BCUT2D eigenvalue weighted by atomic mass is 15.0. The van der Waals surface area contributed by atoms with E-state index in [0.29, 0.717) is 0 Å². The van der Waals surface area contributed by atoms with Gasteiger partial charge in [-0.05, 0) is 144 Å². The second kappa shape index (κ2) is 12.5. The first kappa shape index (κ1) is 32.0. The van der Waals surface area contributed by atoms with Gasteiger partial charge in [0.25, 0.3) is 0 Å². The van der Waals surface area contributed by atoms with E-state index in [-0.39, 0.29) is 0 Å². The van der Waals surface area contributed by atoms with Crippen molar-refractivity contribution in [3.05, 3.63) is 174 Å². The van der Waals surface area contributed by atoms with Crippen LogP contribution >= 0.6 is 0 Å². The summed E-state index contributed by atoms with van der Waals surface area (Å²) in [6.45, 7) is 6.43. The zero-order valence-electron chi connectivity index (χ0n) is 30.8. The molecule has 0 fully saturated rings. The predicted molar refractivity (Wildman–Crippen MR) is 228 cm³/mol. The Hall–Kier alpha value is -6.65. The van der Waals surface area contributed by atoms with Gasteiger partial charge < -0.3 is 14.9 Å². The predicted octanol–water partition coefficient (Wildman–Crippen LogP) is 12.3. The van der Waals surface area contributed by atoms with Crippen molar-refractivity contribution in [1.29, 1.82) is 0 Å². The van der Waals surface area contributed by atoms with Crippen molar-refractivity contribution in [3.63, 3.8) is 0 Å². The Labute approximate surface area is 315 Å². The topological polar surface area (TPSA) is 48.8 Å². The van der Waals surface area contributed by atoms with Gasteiger partial charge in [0, 0.05) is 33.9 Å². The Balaban J connectivity index is 1.25. The molecule has 0 aliphatic heterocycles.